The van der Waals surface area contributed by atoms with Gasteiger partial charge >= 0.3 is 23.7 Å². The summed E-state index contributed by atoms with van der Waals surface area (Å²) in [5, 5.41) is 0. The molecule has 0 spiro atoms. The van der Waals surface area contributed by atoms with E-state index >= 15 is 0 Å². The topological polar surface area (TPSA) is 17.1 Å². The van der Waals surface area contributed by atoms with Crippen LogP contribution in [0.15, 0.2) is 0 Å². The number of hydrogen-bond acceptors (Lipinski definition) is 1. The number of ketones is 1. The van der Waals surface area contributed by atoms with Crippen molar-refractivity contribution in [3.8, 4) is 0 Å². The van der Waals surface area contributed by atoms with Crippen molar-refractivity contribution in [2.24, 2.45) is 0 Å². The second-order valence-electron chi connectivity index (χ2n) is 3.07. The van der Waals surface area contributed by atoms with Gasteiger partial charge in [0.15, 0.2) is 0 Å². The maximum absolute atomic E-state index is 12.3. The van der Waals surface area contributed by atoms with E-state index in [4.69, 9.17) is 0 Å². The summed E-state index contributed by atoms with van der Waals surface area (Å²) >= 11 is 0. The summed E-state index contributed by atoms with van der Waals surface area (Å²) in [4.78, 5) is 10.1. The largest absolute Gasteiger partial charge is 0.385 e. The summed E-state index contributed by atoms with van der Waals surface area (Å²) in [5.74, 6) is -29.2. The van der Waals surface area contributed by atoms with Gasteiger partial charge in [0.05, 0.1) is 0 Å². The Hall–Kier alpha value is -0.960. The van der Waals surface area contributed by atoms with E-state index in [1.165, 1.54) is 0 Å². The molecule has 0 heterocycles. The first kappa shape index (κ1) is 13.1. The molecule has 0 amide bonds. The molecule has 1 aliphatic carbocycles. The van der Waals surface area contributed by atoms with Gasteiger partial charge in [0.25, 0.3) is 0 Å². The Kier molecular flexibility index (Phi) is 2.32. The standard InChI is InChI=1S/C6HF9O/c7-1-2(16)4(10,11)6(14,15)5(12,13)3(1,8)9/h1H. The summed E-state index contributed by atoms with van der Waals surface area (Å²) in [7, 11) is 0. The Morgan fingerprint density at radius 3 is 1.56 bits per heavy atom. The molecule has 1 rings (SSSR count). The first-order chi connectivity index (χ1) is 6.82. The molecular weight excluding hydrogens is 259 g/mol. The number of hydrogen-bond donors (Lipinski definition) is 0. The molecule has 1 fully saturated rings. The molecule has 10 heteroatoms. The Labute approximate surface area is 81.2 Å². The molecule has 1 nitrogen and oxygen atoms in total. The number of rotatable bonds is 0. The Bertz CT molecular complexity index is 333. The molecule has 0 aromatic rings. The van der Waals surface area contributed by atoms with Crippen LogP contribution >= 0.6 is 0 Å². The maximum atomic E-state index is 12.3. The monoisotopic (exact) mass is 260 g/mol. The van der Waals surface area contributed by atoms with Crippen molar-refractivity contribution in [2.75, 3.05) is 0 Å². The van der Waals surface area contributed by atoms with E-state index in [1.54, 1.807) is 0 Å². The third kappa shape index (κ3) is 1.07. The molecule has 0 saturated heterocycles. The number of Topliss-reactive ketones (excluding diaryl/α,β-unsaturated/α-hetero) is 1. The van der Waals surface area contributed by atoms with Crippen LogP contribution in [0.1, 0.15) is 0 Å². The molecule has 0 radical (unpaired) electrons. The summed E-state index contributed by atoms with van der Waals surface area (Å²) in [6, 6.07) is 0. The Morgan fingerprint density at radius 2 is 1.19 bits per heavy atom. The lowest BCUT2D eigenvalue weighted by Gasteiger charge is -2.41. The number of carbonyl (C=O) groups is 1. The van der Waals surface area contributed by atoms with E-state index in [0.29, 0.717) is 0 Å². The minimum atomic E-state index is -6.66. The highest BCUT2D eigenvalue weighted by Gasteiger charge is 2.90. The molecule has 0 aliphatic heterocycles. The normalized spacial score (nSPS) is 34.8. The van der Waals surface area contributed by atoms with Gasteiger partial charge in [-0.2, -0.15) is 35.1 Å². The number of halogens is 9. The van der Waals surface area contributed by atoms with Crippen LogP contribution < -0.4 is 0 Å². The Morgan fingerprint density at radius 1 is 0.812 bits per heavy atom. The number of carbonyl (C=O) groups excluding carboxylic acids is 1. The lowest BCUT2D eigenvalue weighted by molar-refractivity contribution is -0.382. The molecular formula is C6HF9O. The fraction of sp³-hybridized carbons (Fsp3) is 0.833. The molecule has 0 N–H and O–H groups in total. The second kappa shape index (κ2) is 2.83. The lowest BCUT2D eigenvalue weighted by atomic mass is 9.83. The van der Waals surface area contributed by atoms with Gasteiger partial charge in [-0.05, 0) is 0 Å². The predicted octanol–water partition coefficient (Wildman–Crippen LogP) is 2.45. The smallest absolute Gasteiger partial charge is 0.289 e. The summed E-state index contributed by atoms with van der Waals surface area (Å²) in [6.45, 7) is 0. The van der Waals surface area contributed by atoms with Crippen LogP contribution in [-0.2, 0) is 4.79 Å². The van der Waals surface area contributed by atoms with Crippen molar-refractivity contribution in [3.63, 3.8) is 0 Å². The van der Waals surface area contributed by atoms with Gasteiger partial charge in [-0.25, -0.2) is 4.39 Å². The van der Waals surface area contributed by atoms with Crippen molar-refractivity contribution in [1.82, 2.24) is 0 Å². The van der Waals surface area contributed by atoms with Crippen molar-refractivity contribution < 1.29 is 44.3 Å². The van der Waals surface area contributed by atoms with E-state index in [0.717, 1.165) is 0 Å². The molecule has 0 aromatic carbocycles. The first-order valence-electron chi connectivity index (χ1n) is 3.51. The molecule has 1 atom stereocenters. The average Bonchev–Trinajstić information content (AvgIpc) is 2.12. The van der Waals surface area contributed by atoms with E-state index in [-0.39, 0.29) is 0 Å². The van der Waals surface area contributed by atoms with Gasteiger partial charge in [-0.1, -0.05) is 0 Å². The minimum Gasteiger partial charge on any atom is -0.289 e. The van der Waals surface area contributed by atoms with Crippen LogP contribution in [0.5, 0.6) is 0 Å². The van der Waals surface area contributed by atoms with Crippen LogP contribution in [0.4, 0.5) is 39.5 Å². The predicted molar refractivity (Wildman–Crippen MR) is 29.7 cm³/mol. The molecule has 94 valence electrons. The highest BCUT2D eigenvalue weighted by Crippen LogP contribution is 2.58. The lowest BCUT2D eigenvalue weighted by Crippen LogP contribution is -2.74. The van der Waals surface area contributed by atoms with Gasteiger partial charge in [-0.15, -0.1) is 0 Å². The minimum absolute atomic E-state index is 3.56. The van der Waals surface area contributed by atoms with E-state index in [9.17, 15) is 44.3 Å². The highest BCUT2D eigenvalue weighted by molar-refractivity contribution is 5.93. The van der Waals surface area contributed by atoms with Gasteiger partial charge in [0.2, 0.25) is 12.0 Å². The van der Waals surface area contributed by atoms with Gasteiger partial charge in [0, 0.05) is 0 Å². The number of alkyl halides is 9. The van der Waals surface area contributed by atoms with Crippen LogP contribution in [0.25, 0.3) is 0 Å². The summed E-state index contributed by atoms with van der Waals surface area (Å²) in [5.41, 5.74) is 0. The molecule has 1 unspecified atom stereocenters. The van der Waals surface area contributed by atoms with Crippen molar-refractivity contribution in [3.05, 3.63) is 0 Å². The third-order valence-corrected chi connectivity index (χ3v) is 2.07. The van der Waals surface area contributed by atoms with Crippen LogP contribution in [0, 0.1) is 0 Å². The summed E-state index contributed by atoms with van der Waals surface area (Å²) < 4.78 is 111. The zero-order chi connectivity index (χ0) is 13.2. The molecule has 1 saturated carbocycles. The quantitative estimate of drug-likeness (QED) is 0.611. The van der Waals surface area contributed by atoms with E-state index in [1.807, 2.05) is 0 Å². The van der Waals surface area contributed by atoms with Crippen molar-refractivity contribution >= 4 is 5.78 Å². The average molecular weight is 260 g/mol. The van der Waals surface area contributed by atoms with Gasteiger partial charge in [-0.3, -0.25) is 4.79 Å². The van der Waals surface area contributed by atoms with Crippen molar-refractivity contribution in [1.29, 1.82) is 0 Å². The van der Waals surface area contributed by atoms with Crippen molar-refractivity contribution in [2.45, 2.75) is 29.9 Å². The fourth-order valence-electron chi connectivity index (χ4n) is 1.04. The van der Waals surface area contributed by atoms with Crippen LogP contribution in [0.2, 0.25) is 0 Å². The second-order valence-corrected chi connectivity index (χ2v) is 3.07. The fourth-order valence-corrected chi connectivity index (χ4v) is 1.04. The molecule has 1 aliphatic rings. The van der Waals surface area contributed by atoms with E-state index in [2.05, 4.69) is 0 Å². The third-order valence-electron chi connectivity index (χ3n) is 2.07. The van der Waals surface area contributed by atoms with Crippen LogP contribution in [-0.4, -0.2) is 35.6 Å². The SMILES string of the molecule is O=C1C(F)C(F)(F)C(F)(F)C(F)(F)C1(F)F. The molecule has 16 heavy (non-hydrogen) atoms. The molecule has 0 bridgehead atoms. The van der Waals surface area contributed by atoms with Gasteiger partial charge < -0.3 is 0 Å². The zero-order valence-electron chi connectivity index (χ0n) is 6.89. The van der Waals surface area contributed by atoms with Gasteiger partial charge in [0.1, 0.15) is 0 Å². The van der Waals surface area contributed by atoms with Crippen LogP contribution in [0.3, 0.4) is 0 Å². The molecule has 0 aromatic heterocycles. The maximum Gasteiger partial charge on any atom is 0.385 e. The Balaban J connectivity index is 3.48. The highest BCUT2D eigenvalue weighted by atomic mass is 19.4. The first-order valence-corrected chi connectivity index (χ1v) is 3.51. The zero-order valence-corrected chi connectivity index (χ0v) is 6.89. The summed E-state index contributed by atoms with van der Waals surface area (Å²) in [6.07, 6.45) is -4.68. The van der Waals surface area contributed by atoms with E-state index < -0.39 is 35.6 Å².